The summed E-state index contributed by atoms with van der Waals surface area (Å²) in [6.45, 7) is 2.26. The Hall–Kier alpha value is -2.67. The van der Waals surface area contributed by atoms with E-state index < -0.39 is 11.1 Å². The molecule has 0 bridgehead atoms. The topological polar surface area (TPSA) is 59.8 Å². The highest BCUT2D eigenvalue weighted by Crippen LogP contribution is 2.40. The fourth-order valence-corrected chi connectivity index (χ4v) is 4.07. The monoisotopic (exact) mass is 459 g/mol. The zero-order chi connectivity index (χ0) is 21.3. The van der Waals surface area contributed by atoms with Crippen LogP contribution in [0.15, 0.2) is 63.9 Å². The Labute approximate surface area is 187 Å². The van der Waals surface area contributed by atoms with Crippen molar-refractivity contribution in [3.63, 3.8) is 0 Å². The zero-order valence-corrected chi connectivity index (χ0v) is 18.1. The molecule has 30 heavy (non-hydrogen) atoms. The van der Waals surface area contributed by atoms with E-state index >= 15 is 0 Å². The summed E-state index contributed by atoms with van der Waals surface area (Å²) in [4.78, 5) is 26.9. The van der Waals surface area contributed by atoms with E-state index in [9.17, 15) is 9.59 Å². The lowest BCUT2D eigenvalue weighted by Gasteiger charge is -2.16. The summed E-state index contributed by atoms with van der Waals surface area (Å²) in [5.74, 6) is 1.06. The molecule has 152 valence electrons. The summed E-state index contributed by atoms with van der Waals surface area (Å²) in [7, 11) is 0. The van der Waals surface area contributed by atoms with Gasteiger partial charge in [-0.25, -0.2) is 4.90 Å². The van der Waals surface area contributed by atoms with Crippen LogP contribution in [0.3, 0.4) is 0 Å². The van der Waals surface area contributed by atoms with E-state index in [2.05, 4.69) is 0 Å². The number of hydrogen-bond acceptors (Lipinski definition) is 5. The van der Waals surface area contributed by atoms with Crippen LogP contribution in [0.2, 0.25) is 10.0 Å². The average molecular weight is 460 g/mol. The number of imide groups is 1. The van der Waals surface area contributed by atoms with Crippen molar-refractivity contribution in [1.82, 2.24) is 0 Å². The molecule has 8 heteroatoms. The summed E-state index contributed by atoms with van der Waals surface area (Å²) in [6.07, 6.45) is 1.55. The van der Waals surface area contributed by atoms with Crippen LogP contribution in [0, 0.1) is 0 Å². The molecule has 1 fully saturated rings. The molecule has 2 aromatic carbocycles. The number of ether oxygens (including phenoxy) is 1. The second kappa shape index (κ2) is 8.60. The van der Waals surface area contributed by atoms with Crippen LogP contribution in [0.4, 0.5) is 10.5 Å². The number of amides is 2. The molecule has 5 nitrogen and oxygen atoms in total. The van der Waals surface area contributed by atoms with Gasteiger partial charge in [-0.2, -0.15) is 0 Å². The molecule has 2 amide bonds. The van der Waals surface area contributed by atoms with Gasteiger partial charge in [-0.15, -0.1) is 0 Å². The molecule has 4 rings (SSSR count). The second-order valence-electron chi connectivity index (χ2n) is 6.25. The van der Waals surface area contributed by atoms with Crippen molar-refractivity contribution >= 4 is 57.9 Å². The first-order valence-electron chi connectivity index (χ1n) is 9.03. The maximum absolute atomic E-state index is 12.9. The number of rotatable bonds is 5. The van der Waals surface area contributed by atoms with Gasteiger partial charge in [0.2, 0.25) is 0 Å². The summed E-state index contributed by atoms with van der Waals surface area (Å²) >= 11 is 12.9. The maximum Gasteiger partial charge on any atom is 0.298 e. The SMILES string of the molecule is CCOc1ccccc1N1C(=O)S/C(=C/c2ccc(-c3ccc(Cl)c(Cl)c3)o2)C1=O. The quantitative estimate of drug-likeness (QED) is 0.388. The van der Waals surface area contributed by atoms with E-state index in [0.29, 0.717) is 39.6 Å². The molecule has 0 aliphatic carbocycles. The molecule has 0 unspecified atom stereocenters. The average Bonchev–Trinajstić information content (AvgIpc) is 3.30. The first-order chi connectivity index (χ1) is 14.5. The van der Waals surface area contributed by atoms with Crippen molar-refractivity contribution in [2.45, 2.75) is 6.92 Å². The minimum absolute atomic E-state index is 0.265. The van der Waals surface area contributed by atoms with Gasteiger partial charge in [0.05, 0.1) is 27.2 Å². The van der Waals surface area contributed by atoms with Crippen molar-refractivity contribution in [3.05, 3.63) is 75.3 Å². The molecule has 0 saturated carbocycles. The smallest absolute Gasteiger partial charge is 0.298 e. The van der Waals surface area contributed by atoms with Crippen molar-refractivity contribution in [2.24, 2.45) is 0 Å². The summed E-state index contributed by atoms with van der Waals surface area (Å²) in [5, 5.41) is 0.476. The van der Waals surface area contributed by atoms with E-state index in [1.807, 2.05) is 6.92 Å². The first-order valence-corrected chi connectivity index (χ1v) is 10.6. The largest absolute Gasteiger partial charge is 0.492 e. The van der Waals surface area contributed by atoms with Crippen LogP contribution in [0.25, 0.3) is 17.4 Å². The Morgan fingerprint density at radius 1 is 1.07 bits per heavy atom. The predicted octanol–water partition coefficient (Wildman–Crippen LogP) is 6.89. The standard InChI is InChI=1S/C22H15Cl2NO4S/c1-2-28-19-6-4-3-5-17(19)25-21(26)20(30-22(25)27)12-14-8-10-18(29-14)13-7-9-15(23)16(24)11-13/h3-12H,2H2,1H3/b20-12+. The van der Waals surface area contributed by atoms with Crippen molar-refractivity contribution in [1.29, 1.82) is 0 Å². The number of thioether (sulfide) groups is 1. The van der Waals surface area contributed by atoms with Crippen molar-refractivity contribution in [2.75, 3.05) is 11.5 Å². The minimum Gasteiger partial charge on any atom is -0.492 e. The van der Waals surface area contributed by atoms with Crippen molar-refractivity contribution in [3.8, 4) is 17.1 Å². The van der Waals surface area contributed by atoms with Gasteiger partial charge in [-0.05, 0) is 61.2 Å². The van der Waals surface area contributed by atoms with Gasteiger partial charge >= 0.3 is 0 Å². The van der Waals surface area contributed by atoms with Gasteiger partial charge < -0.3 is 9.15 Å². The van der Waals surface area contributed by atoms with Gasteiger partial charge in [0.25, 0.3) is 11.1 Å². The molecule has 0 spiro atoms. The third-order valence-electron chi connectivity index (χ3n) is 4.30. The molecule has 1 aliphatic rings. The molecular formula is C22H15Cl2NO4S. The van der Waals surface area contributed by atoms with E-state index in [4.69, 9.17) is 32.4 Å². The van der Waals surface area contributed by atoms with E-state index in [0.717, 1.165) is 22.2 Å². The van der Waals surface area contributed by atoms with Crippen LogP contribution in [0.1, 0.15) is 12.7 Å². The fraction of sp³-hybridized carbons (Fsp3) is 0.0909. The third-order valence-corrected chi connectivity index (χ3v) is 5.91. The zero-order valence-electron chi connectivity index (χ0n) is 15.7. The molecule has 1 aliphatic heterocycles. The summed E-state index contributed by atoms with van der Waals surface area (Å²) < 4.78 is 11.4. The fourth-order valence-electron chi connectivity index (χ4n) is 2.96. The van der Waals surface area contributed by atoms with Gasteiger partial charge in [0.1, 0.15) is 17.3 Å². The van der Waals surface area contributed by atoms with Gasteiger partial charge in [-0.3, -0.25) is 9.59 Å². The van der Waals surface area contributed by atoms with E-state index in [1.165, 1.54) is 0 Å². The Morgan fingerprint density at radius 2 is 1.87 bits per heavy atom. The highest BCUT2D eigenvalue weighted by molar-refractivity contribution is 8.19. The number of nitrogens with zero attached hydrogens (tertiary/aromatic N) is 1. The molecule has 0 atom stereocenters. The highest BCUT2D eigenvalue weighted by Gasteiger charge is 2.38. The van der Waals surface area contributed by atoms with Crippen LogP contribution in [-0.4, -0.2) is 17.8 Å². The minimum atomic E-state index is -0.426. The predicted molar refractivity (Wildman–Crippen MR) is 120 cm³/mol. The van der Waals surface area contributed by atoms with Crippen LogP contribution < -0.4 is 9.64 Å². The number of anilines is 1. The summed E-state index contributed by atoms with van der Waals surface area (Å²) in [6, 6.07) is 15.6. The third kappa shape index (κ3) is 3.99. The van der Waals surface area contributed by atoms with E-state index in [-0.39, 0.29) is 4.91 Å². The molecule has 2 heterocycles. The lowest BCUT2D eigenvalue weighted by molar-refractivity contribution is -0.113. The molecule has 1 saturated heterocycles. The Kier molecular flexibility index (Phi) is 5.90. The molecule has 0 radical (unpaired) electrons. The van der Waals surface area contributed by atoms with E-state index in [1.54, 1.807) is 60.7 Å². The highest BCUT2D eigenvalue weighted by atomic mass is 35.5. The second-order valence-corrected chi connectivity index (χ2v) is 8.06. The number of carbonyl (C=O) groups is 2. The van der Waals surface area contributed by atoms with Gasteiger partial charge in [-0.1, -0.05) is 35.3 Å². The Bertz CT molecular complexity index is 1170. The number of carbonyl (C=O) groups excluding carboxylic acids is 2. The number of benzene rings is 2. The maximum atomic E-state index is 12.9. The summed E-state index contributed by atoms with van der Waals surface area (Å²) in [5.41, 5.74) is 1.17. The number of para-hydroxylation sites is 2. The Balaban J connectivity index is 1.62. The number of hydrogen-bond donors (Lipinski definition) is 0. The molecule has 0 N–H and O–H groups in total. The normalized spacial score (nSPS) is 15.3. The number of furan rings is 1. The van der Waals surface area contributed by atoms with Crippen LogP contribution in [0.5, 0.6) is 5.75 Å². The first kappa shape index (κ1) is 20.6. The van der Waals surface area contributed by atoms with Crippen LogP contribution in [-0.2, 0) is 4.79 Å². The lowest BCUT2D eigenvalue weighted by Crippen LogP contribution is -2.28. The molecule has 3 aromatic rings. The Morgan fingerprint density at radius 3 is 2.63 bits per heavy atom. The van der Waals surface area contributed by atoms with Gasteiger partial charge in [0, 0.05) is 11.6 Å². The van der Waals surface area contributed by atoms with Crippen molar-refractivity contribution < 1.29 is 18.7 Å². The van der Waals surface area contributed by atoms with Crippen LogP contribution >= 0.6 is 35.0 Å². The van der Waals surface area contributed by atoms with Gasteiger partial charge in [0.15, 0.2) is 0 Å². The lowest BCUT2D eigenvalue weighted by atomic mass is 10.2. The number of halogens is 2. The molecular weight excluding hydrogens is 445 g/mol. The molecule has 1 aromatic heterocycles.